The molecular weight excluding hydrogens is 435 g/mol. The van der Waals surface area contributed by atoms with E-state index in [1.807, 2.05) is 0 Å². The minimum Gasteiger partial charge on any atom is -0.388 e. The summed E-state index contributed by atoms with van der Waals surface area (Å²) >= 11 is 6.38. The van der Waals surface area contributed by atoms with Gasteiger partial charge in [0.05, 0.1) is 30.6 Å². The van der Waals surface area contributed by atoms with Gasteiger partial charge in [-0.05, 0) is 63.4 Å². The predicted molar refractivity (Wildman–Crippen MR) is 120 cm³/mol. The summed E-state index contributed by atoms with van der Waals surface area (Å²) in [5.74, 6) is -0.111. The second kappa shape index (κ2) is 10.3. The molecule has 0 bridgehead atoms. The van der Waals surface area contributed by atoms with Crippen molar-refractivity contribution in [3.63, 3.8) is 0 Å². The van der Waals surface area contributed by atoms with Crippen molar-refractivity contribution in [2.75, 3.05) is 25.1 Å². The number of aliphatic hydroxyl groups is 1. The Morgan fingerprint density at radius 1 is 1.31 bits per heavy atom. The molecule has 2 atom stereocenters. The summed E-state index contributed by atoms with van der Waals surface area (Å²) in [6.07, 6.45) is 5.96. The van der Waals surface area contributed by atoms with Gasteiger partial charge >= 0.3 is 0 Å². The molecule has 0 aromatic carbocycles. The third kappa shape index (κ3) is 5.13. The van der Waals surface area contributed by atoms with Gasteiger partial charge < -0.3 is 15.2 Å². The van der Waals surface area contributed by atoms with E-state index in [4.69, 9.17) is 16.3 Å². The quantitative estimate of drug-likeness (QED) is 0.627. The number of pyridine rings is 1. The van der Waals surface area contributed by atoms with Gasteiger partial charge in [-0.25, -0.2) is 9.67 Å². The third-order valence-corrected chi connectivity index (χ3v) is 7.09. The third-order valence-electron chi connectivity index (χ3n) is 6.72. The minimum atomic E-state index is -0.701. The van der Waals surface area contributed by atoms with Crippen molar-refractivity contribution in [3.8, 4) is 0 Å². The smallest absolute Gasteiger partial charge is 0.287 e. The zero-order valence-electron chi connectivity index (χ0n) is 18.3. The van der Waals surface area contributed by atoms with Gasteiger partial charge in [-0.1, -0.05) is 17.7 Å². The maximum Gasteiger partial charge on any atom is 0.287 e. The lowest BCUT2D eigenvalue weighted by atomic mass is 9.80. The van der Waals surface area contributed by atoms with Gasteiger partial charge in [0.2, 0.25) is 5.95 Å². The van der Waals surface area contributed by atoms with E-state index in [-0.39, 0.29) is 22.5 Å². The molecule has 0 amide bonds. The van der Waals surface area contributed by atoms with Crippen LogP contribution in [0.2, 0.25) is 5.02 Å². The molecule has 0 radical (unpaired) electrons. The van der Waals surface area contributed by atoms with Crippen LogP contribution in [0, 0.1) is 24.7 Å². The monoisotopic (exact) mass is 464 g/mol. The fourth-order valence-electron chi connectivity index (χ4n) is 4.82. The molecule has 1 saturated heterocycles. The normalized spacial score (nSPS) is 24.8. The first-order chi connectivity index (χ1) is 15.4. The standard InChI is InChI=1S/C23H30ClFN4O3/c1-14-18(8-9-20(25)28-14)22(30)16-4-6-17(7-5-16)29-23(31)21(24)19(12-27-29)26-11-15-3-2-10-32-13-15/h8-9,12,15-17,22,26,30H,2-7,10-11,13H2,1H3/t15?,16-,17-,22-/m1/s1. The molecule has 2 fully saturated rings. The number of aryl methyl sites for hydroxylation is 1. The lowest BCUT2D eigenvalue weighted by Crippen LogP contribution is -2.32. The maximum absolute atomic E-state index is 13.3. The van der Waals surface area contributed by atoms with Gasteiger partial charge in [-0.3, -0.25) is 4.79 Å². The first-order valence-corrected chi connectivity index (χ1v) is 11.7. The molecule has 1 aliphatic heterocycles. The molecule has 9 heteroatoms. The summed E-state index contributed by atoms with van der Waals surface area (Å²) in [6.45, 7) is 3.94. The molecular formula is C23H30ClFN4O3. The van der Waals surface area contributed by atoms with Crippen molar-refractivity contribution in [1.82, 2.24) is 14.8 Å². The molecule has 174 valence electrons. The van der Waals surface area contributed by atoms with Crippen molar-refractivity contribution in [3.05, 3.63) is 50.9 Å². The number of anilines is 1. The van der Waals surface area contributed by atoms with Crippen LogP contribution >= 0.6 is 11.6 Å². The molecule has 1 saturated carbocycles. The lowest BCUT2D eigenvalue weighted by molar-refractivity contribution is 0.0595. The van der Waals surface area contributed by atoms with Gasteiger partial charge in [0.15, 0.2) is 0 Å². The van der Waals surface area contributed by atoms with Gasteiger partial charge in [0.25, 0.3) is 5.56 Å². The minimum absolute atomic E-state index is 0.0297. The SMILES string of the molecule is Cc1nc(F)ccc1[C@H](O)[C@H]1CC[C@H](n2ncc(NCC3CCCOC3)c(Cl)c2=O)CC1. The van der Waals surface area contributed by atoms with Gasteiger partial charge in [-0.2, -0.15) is 9.49 Å². The summed E-state index contributed by atoms with van der Waals surface area (Å²) in [4.78, 5) is 16.7. The predicted octanol–water partition coefficient (Wildman–Crippen LogP) is 4.04. The van der Waals surface area contributed by atoms with Crippen LogP contribution in [0.1, 0.15) is 61.9 Å². The molecule has 3 heterocycles. The second-order valence-electron chi connectivity index (χ2n) is 8.91. The van der Waals surface area contributed by atoms with E-state index < -0.39 is 12.1 Å². The first kappa shape index (κ1) is 23.1. The summed E-state index contributed by atoms with van der Waals surface area (Å²) < 4.78 is 20.3. The number of ether oxygens (including phenoxy) is 1. The lowest BCUT2D eigenvalue weighted by Gasteiger charge is -2.32. The number of nitrogens with zero attached hydrogens (tertiary/aromatic N) is 3. The van der Waals surface area contributed by atoms with Crippen LogP contribution in [-0.4, -0.2) is 39.6 Å². The zero-order chi connectivity index (χ0) is 22.7. The highest BCUT2D eigenvalue weighted by atomic mass is 35.5. The van der Waals surface area contributed by atoms with Crippen LogP contribution in [0.25, 0.3) is 0 Å². The van der Waals surface area contributed by atoms with Crippen molar-refractivity contribution >= 4 is 17.3 Å². The highest BCUT2D eigenvalue weighted by Gasteiger charge is 2.30. The van der Waals surface area contributed by atoms with Gasteiger partial charge in [0.1, 0.15) is 5.02 Å². The topological polar surface area (TPSA) is 89.3 Å². The Morgan fingerprint density at radius 3 is 2.78 bits per heavy atom. The van der Waals surface area contributed by atoms with Gasteiger partial charge in [0, 0.05) is 24.4 Å². The summed E-state index contributed by atoms with van der Waals surface area (Å²) in [5, 5.41) is 18.6. The average Bonchev–Trinajstić information content (AvgIpc) is 2.80. The average molecular weight is 465 g/mol. The van der Waals surface area contributed by atoms with E-state index >= 15 is 0 Å². The number of rotatable bonds is 6. The Morgan fingerprint density at radius 2 is 2.09 bits per heavy atom. The molecule has 1 unspecified atom stereocenters. The van der Waals surface area contributed by atoms with Crippen LogP contribution < -0.4 is 10.9 Å². The van der Waals surface area contributed by atoms with Crippen molar-refractivity contribution < 1.29 is 14.2 Å². The van der Waals surface area contributed by atoms with Crippen LogP contribution in [0.5, 0.6) is 0 Å². The van der Waals surface area contributed by atoms with Crippen LogP contribution in [0.4, 0.5) is 10.1 Å². The van der Waals surface area contributed by atoms with E-state index in [0.29, 0.717) is 42.2 Å². The Labute approximate surface area is 192 Å². The molecule has 2 aliphatic rings. The summed E-state index contributed by atoms with van der Waals surface area (Å²) in [6, 6.07) is 2.82. The molecule has 2 aromatic heterocycles. The molecule has 4 rings (SSSR count). The highest BCUT2D eigenvalue weighted by molar-refractivity contribution is 6.32. The maximum atomic E-state index is 13.3. The number of aromatic nitrogens is 3. The summed E-state index contributed by atoms with van der Waals surface area (Å²) in [5.41, 5.74) is 1.43. The molecule has 2 N–H and O–H groups in total. The highest BCUT2D eigenvalue weighted by Crippen LogP contribution is 2.39. The molecule has 1 aliphatic carbocycles. The molecule has 2 aromatic rings. The van der Waals surface area contributed by atoms with E-state index in [0.717, 1.165) is 38.9 Å². The fourth-order valence-corrected chi connectivity index (χ4v) is 5.02. The molecule has 7 nitrogen and oxygen atoms in total. The Balaban J connectivity index is 1.37. The number of aliphatic hydroxyl groups excluding tert-OH is 1. The van der Waals surface area contributed by atoms with E-state index in [1.54, 1.807) is 19.2 Å². The second-order valence-corrected chi connectivity index (χ2v) is 9.29. The molecule has 32 heavy (non-hydrogen) atoms. The number of halogens is 2. The van der Waals surface area contributed by atoms with Crippen LogP contribution in [0.15, 0.2) is 23.1 Å². The van der Waals surface area contributed by atoms with Gasteiger partial charge in [-0.15, -0.1) is 0 Å². The van der Waals surface area contributed by atoms with Crippen LogP contribution in [0.3, 0.4) is 0 Å². The fraction of sp³-hybridized carbons (Fsp3) is 0.609. The Bertz CT molecular complexity index is 988. The number of hydrogen-bond donors (Lipinski definition) is 2. The van der Waals surface area contributed by atoms with Crippen molar-refractivity contribution in [2.24, 2.45) is 11.8 Å². The molecule has 0 spiro atoms. The number of hydrogen-bond acceptors (Lipinski definition) is 6. The van der Waals surface area contributed by atoms with E-state index in [9.17, 15) is 14.3 Å². The largest absolute Gasteiger partial charge is 0.388 e. The first-order valence-electron chi connectivity index (χ1n) is 11.3. The Hall–Kier alpha value is -2.03. The zero-order valence-corrected chi connectivity index (χ0v) is 19.0. The number of nitrogens with one attached hydrogen (secondary N) is 1. The van der Waals surface area contributed by atoms with Crippen molar-refractivity contribution in [2.45, 2.75) is 57.6 Å². The van der Waals surface area contributed by atoms with Crippen LogP contribution in [-0.2, 0) is 4.74 Å². The van der Waals surface area contributed by atoms with E-state index in [2.05, 4.69) is 15.4 Å². The summed E-state index contributed by atoms with van der Waals surface area (Å²) in [7, 11) is 0. The van der Waals surface area contributed by atoms with Crippen molar-refractivity contribution in [1.29, 1.82) is 0 Å². The van der Waals surface area contributed by atoms with E-state index in [1.165, 1.54) is 10.7 Å². The Kier molecular flexibility index (Phi) is 7.43.